The Kier molecular flexibility index (Phi) is 7.55. The first-order chi connectivity index (χ1) is 9.02. The normalized spacial score (nSPS) is 23.4. The minimum absolute atomic E-state index is 0.0526. The molecule has 0 aliphatic heterocycles. The van der Waals surface area contributed by atoms with Gasteiger partial charge in [-0.3, -0.25) is 0 Å². The third-order valence-corrected chi connectivity index (χ3v) is 5.04. The van der Waals surface area contributed by atoms with Crippen molar-refractivity contribution in [1.29, 1.82) is 0 Å². The van der Waals surface area contributed by atoms with Crippen LogP contribution < -0.4 is 0 Å². The van der Waals surface area contributed by atoms with E-state index in [9.17, 15) is 8.42 Å². The molecule has 2 N–H and O–H groups in total. The van der Waals surface area contributed by atoms with Crippen LogP contribution in [0.15, 0.2) is 46.3 Å². The molecule has 0 heterocycles. The molecule has 106 valence electrons. The Labute approximate surface area is 122 Å². The Hall–Kier alpha value is -0.470. The molecule has 0 spiro atoms. The molecular weight excluding hydrogens is 304 g/mol. The molecule has 0 radical (unpaired) electrons. The average Bonchev–Trinajstić information content (AvgIpc) is 2.37. The minimum Gasteiger partial charge on any atom is -0.306 e. The first-order valence-electron chi connectivity index (χ1n) is 5.58. The summed E-state index contributed by atoms with van der Waals surface area (Å²) in [6.45, 7) is 1.83. The van der Waals surface area contributed by atoms with Gasteiger partial charge in [0, 0.05) is 10.2 Å². The molecule has 0 amide bonds. The van der Waals surface area contributed by atoms with E-state index in [0.29, 0.717) is 0 Å². The van der Waals surface area contributed by atoms with Crippen molar-refractivity contribution in [2.45, 2.75) is 18.6 Å². The van der Waals surface area contributed by atoms with Crippen LogP contribution in [0.25, 0.3) is 0 Å². The molecule has 1 aliphatic carbocycles. The molecule has 7 heteroatoms. The van der Waals surface area contributed by atoms with Crippen molar-refractivity contribution in [2.75, 3.05) is 5.75 Å². The Morgan fingerprint density at radius 1 is 1.42 bits per heavy atom. The van der Waals surface area contributed by atoms with Gasteiger partial charge in [-0.2, -0.15) is 0 Å². The van der Waals surface area contributed by atoms with Crippen LogP contribution in [0, 0.1) is 0 Å². The molecule has 4 nitrogen and oxygen atoms in total. The monoisotopic (exact) mass is 320 g/mol. The van der Waals surface area contributed by atoms with E-state index in [4.69, 9.17) is 9.11 Å². The zero-order chi connectivity index (χ0) is 14.3. The zero-order valence-electron chi connectivity index (χ0n) is 10.4. The molecular formula is C12H16O4S3. The maximum Gasteiger partial charge on any atom is 0.183 e. The quantitative estimate of drug-likeness (QED) is 0.581. The highest BCUT2D eigenvalue weighted by Crippen LogP contribution is 2.29. The van der Waals surface area contributed by atoms with Crippen LogP contribution in [0.1, 0.15) is 13.3 Å². The topological polar surface area (TPSA) is 74.6 Å². The Bertz CT molecular complexity index is 477. The third kappa shape index (κ3) is 6.49. The van der Waals surface area contributed by atoms with Gasteiger partial charge in [-0.25, -0.2) is 8.42 Å². The minimum atomic E-state index is -2.23. The number of allylic oxidation sites excluding steroid dienone is 5. The Morgan fingerprint density at radius 2 is 2.16 bits per heavy atom. The van der Waals surface area contributed by atoms with Gasteiger partial charge >= 0.3 is 0 Å². The molecule has 3 unspecified atom stereocenters. The smallest absolute Gasteiger partial charge is 0.183 e. The summed E-state index contributed by atoms with van der Waals surface area (Å²) in [5, 5.41) is 0.278. The summed E-state index contributed by atoms with van der Waals surface area (Å²) in [4.78, 5) is 0.865. The van der Waals surface area contributed by atoms with Gasteiger partial charge in [0.05, 0.1) is 10.7 Å². The third-order valence-electron chi connectivity index (χ3n) is 2.31. The Balaban J connectivity index is 2.78. The van der Waals surface area contributed by atoms with Crippen LogP contribution in [0.3, 0.4) is 0 Å². The van der Waals surface area contributed by atoms with Crippen molar-refractivity contribution in [3.63, 3.8) is 0 Å². The van der Waals surface area contributed by atoms with Gasteiger partial charge in [0.2, 0.25) is 0 Å². The number of rotatable bonds is 6. The standard InChI is InChI=1S/C12H16O4S3/c1-2-10(17-11-6-4-3-5-7-11)8-12(19(15)16)9-18(13)14/h2-6,8,11H,7,9H2,1H3,(H,13,14)(H,15,16). The largest absolute Gasteiger partial charge is 0.306 e. The van der Waals surface area contributed by atoms with E-state index >= 15 is 0 Å². The summed E-state index contributed by atoms with van der Waals surface area (Å²) in [5.74, 6) is -0.318. The van der Waals surface area contributed by atoms with E-state index in [-0.39, 0.29) is 15.9 Å². The van der Waals surface area contributed by atoms with Crippen LogP contribution in [0.2, 0.25) is 0 Å². The second-order valence-corrected chi connectivity index (χ2v) is 6.99. The molecule has 1 aliphatic rings. The van der Waals surface area contributed by atoms with E-state index < -0.39 is 22.2 Å². The predicted octanol–water partition coefficient (Wildman–Crippen LogP) is 2.84. The number of thioether (sulfide) groups is 1. The van der Waals surface area contributed by atoms with E-state index in [1.165, 1.54) is 6.08 Å². The van der Waals surface area contributed by atoms with E-state index in [1.807, 2.05) is 25.2 Å². The molecule has 0 aromatic carbocycles. The molecule has 0 saturated carbocycles. The molecule has 0 fully saturated rings. The van der Waals surface area contributed by atoms with Crippen LogP contribution in [-0.4, -0.2) is 28.5 Å². The SMILES string of the molecule is CC=C(C=C(CS(=O)O)S(=O)O)SC1C=CC=CC1. The van der Waals surface area contributed by atoms with Crippen LogP contribution in [0.4, 0.5) is 0 Å². The summed E-state index contributed by atoms with van der Waals surface area (Å²) >= 11 is -2.80. The molecule has 19 heavy (non-hydrogen) atoms. The van der Waals surface area contributed by atoms with E-state index in [2.05, 4.69) is 12.2 Å². The zero-order valence-corrected chi connectivity index (χ0v) is 12.8. The van der Waals surface area contributed by atoms with Crippen LogP contribution in [-0.2, 0) is 22.2 Å². The van der Waals surface area contributed by atoms with Gasteiger partial charge in [-0.1, -0.05) is 30.4 Å². The summed E-state index contributed by atoms with van der Waals surface area (Å²) in [7, 11) is 0. The fraction of sp³-hybridized carbons (Fsp3) is 0.333. The van der Waals surface area contributed by atoms with Gasteiger partial charge in [0.1, 0.15) is 0 Å². The number of hydrogen-bond acceptors (Lipinski definition) is 3. The highest BCUT2D eigenvalue weighted by Gasteiger charge is 2.12. The van der Waals surface area contributed by atoms with Crippen molar-refractivity contribution in [1.82, 2.24) is 0 Å². The lowest BCUT2D eigenvalue weighted by molar-refractivity contribution is 0.560. The van der Waals surface area contributed by atoms with Gasteiger partial charge < -0.3 is 9.11 Å². The van der Waals surface area contributed by atoms with E-state index in [0.717, 1.165) is 11.3 Å². The average molecular weight is 320 g/mol. The molecule has 3 atom stereocenters. The van der Waals surface area contributed by atoms with Gasteiger partial charge in [0.25, 0.3) is 0 Å². The summed E-state index contributed by atoms with van der Waals surface area (Å²) in [6, 6.07) is 0. The molecule has 0 bridgehead atoms. The van der Waals surface area contributed by atoms with Gasteiger partial charge in [-0.05, 0) is 19.4 Å². The molecule has 0 aromatic heterocycles. The second kappa shape index (κ2) is 8.65. The van der Waals surface area contributed by atoms with Gasteiger partial charge in [0.15, 0.2) is 22.2 Å². The maximum absolute atomic E-state index is 11.1. The second-order valence-electron chi connectivity index (χ2n) is 3.72. The first kappa shape index (κ1) is 16.6. The van der Waals surface area contributed by atoms with Crippen molar-refractivity contribution in [3.8, 4) is 0 Å². The van der Waals surface area contributed by atoms with E-state index in [1.54, 1.807) is 11.8 Å². The fourth-order valence-electron chi connectivity index (χ4n) is 1.43. The van der Waals surface area contributed by atoms with Crippen LogP contribution in [0.5, 0.6) is 0 Å². The lowest BCUT2D eigenvalue weighted by atomic mass is 10.2. The molecule has 1 rings (SSSR count). The van der Waals surface area contributed by atoms with Crippen molar-refractivity contribution in [2.24, 2.45) is 0 Å². The molecule has 0 saturated heterocycles. The molecule has 0 aromatic rings. The van der Waals surface area contributed by atoms with Crippen molar-refractivity contribution in [3.05, 3.63) is 46.3 Å². The fourth-order valence-corrected chi connectivity index (χ4v) is 3.84. The number of hydrogen-bond donors (Lipinski definition) is 2. The predicted molar refractivity (Wildman–Crippen MR) is 82.5 cm³/mol. The highest BCUT2D eigenvalue weighted by molar-refractivity contribution is 8.04. The summed E-state index contributed by atoms with van der Waals surface area (Å²) in [6.07, 6.45) is 12.3. The van der Waals surface area contributed by atoms with Crippen LogP contribution >= 0.6 is 11.8 Å². The Morgan fingerprint density at radius 3 is 2.63 bits per heavy atom. The summed E-state index contributed by atoms with van der Waals surface area (Å²) < 4.78 is 39.8. The first-order valence-corrected chi connectivity index (χ1v) is 8.84. The lowest BCUT2D eigenvalue weighted by Gasteiger charge is -2.13. The summed E-state index contributed by atoms with van der Waals surface area (Å²) in [5.41, 5.74) is 0. The van der Waals surface area contributed by atoms with Gasteiger partial charge in [-0.15, -0.1) is 11.8 Å². The maximum atomic E-state index is 11.1. The van der Waals surface area contributed by atoms with Crippen molar-refractivity contribution < 1.29 is 17.5 Å². The van der Waals surface area contributed by atoms with Crippen molar-refractivity contribution >= 4 is 33.9 Å². The highest BCUT2D eigenvalue weighted by atomic mass is 32.2. The lowest BCUT2D eigenvalue weighted by Crippen LogP contribution is -2.05.